The largest absolute Gasteiger partial charge is 0.480 e. The van der Waals surface area contributed by atoms with E-state index in [4.69, 9.17) is 50.3 Å². The minimum Gasteiger partial charge on any atom is -0.480 e. The molecule has 466 valence electrons. The van der Waals surface area contributed by atoms with Crippen LogP contribution in [0.3, 0.4) is 0 Å². The van der Waals surface area contributed by atoms with Crippen molar-refractivity contribution in [3.8, 4) is 0 Å². The van der Waals surface area contributed by atoms with Crippen LogP contribution in [-0.4, -0.2) is 154 Å². The van der Waals surface area contributed by atoms with Gasteiger partial charge in [-0.25, -0.2) is 4.79 Å². The molecule has 3 aromatic carbocycles. The van der Waals surface area contributed by atoms with E-state index in [0.717, 1.165) is 27.3 Å². The molecule has 0 radical (unpaired) electrons. The van der Waals surface area contributed by atoms with Crippen molar-refractivity contribution in [1.29, 1.82) is 21.6 Å². The number of H-pyrrole nitrogens is 3. The van der Waals surface area contributed by atoms with Crippen molar-refractivity contribution in [1.82, 2.24) is 68.1 Å². The van der Waals surface area contributed by atoms with Gasteiger partial charge in [0, 0.05) is 96.7 Å². The molecule has 6 rings (SSSR count). The quantitative estimate of drug-likeness (QED) is 0.0123. The molecule has 6 amide bonds. The summed E-state index contributed by atoms with van der Waals surface area (Å²) in [5.41, 5.74) is 32.2. The number of rotatable bonds is 35. The molecule has 30 nitrogen and oxygen atoms in total. The van der Waals surface area contributed by atoms with Gasteiger partial charge in [0.1, 0.15) is 36.3 Å². The van der Waals surface area contributed by atoms with Crippen LogP contribution in [0.2, 0.25) is 0 Å². The van der Waals surface area contributed by atoms with Gasteiger partial charge in [0.25, 0.3) is 0 Å². The fourth-order valence-electron chi connectivity index (χ4n) is 9.89. The molecule has 0 fully saturated rings. The number of carbonyl (C=O) groups excluding carboxylic acids is 6. The zero-order valence-electron chi connectivity index (χ0n) is 48.0. The van der Waals surface area contributed by atoms with Crippen molar-refractivity contribution < 1.29 is 38.7 Å². The number of carboxylic acids is 1. The summed E-state index contributed by atoms with van der Waals surface area (Å²) >= 11 is 0. The van der Waals surface area contributed by atoms with Crippen LogP contribution in [0, 0.1) is 21.6 Å². The molecule has 3 heterocycles. The number of hydrogen-bond donors (Lipinski definition) is 23. The number of aromatic amines is 3. The zero-order chi connectivity index (χ0) is 63.0. The highest BCUT2D eigenvalue weighted by atomic mass is 16.4. The average Bonchev–Trinajstić information content (AvgIpc) is 3.24. The van der Waals surface area contributed by atoms with E-state index in [1.54, 1.807) is 24.7 Å². The summed E-state index contributed by atoms with van der Waals surface area (Å²) in [6, 6.07) is 12.3. The molecule has 87 heavy (non-hydrogen) atoms. The van der Waals surface area contributed by atoms with Gasteiger partial charge in [-0.2, -0.15) is 0 Å². The van der Waals surface area contributed by atoms with Crippen LogP contribution in [0.15, 0.2) is 91.4 Å². The molecule has 0 unspecified atom stereocenters. The second-order valence-corrected chi connectivity index (χ2v) is 20.9. The van der Waals surface area contributed by atoms with E-state index in [1.165, 1.54) is 0 Å². The number of amides is 6. The maximum atomic E-state index is 15.1. The van der Waals surface area contributed by atoms with Crippen LogP contribution < -0.4 is 81.8 Å². The highest BCUT2D eigenvalue weighted by Gasteiger charge is 2.35. The van der Waals surface area contributed by atoms with Gasteiger partial charge in [0.05, 0.1) is 6.04 Å². The van der Waals surface area contributed by atoms with E-state index in [-0.39, 0.29) is 114 Å². The maximum Gasteiger partial charge on any atom is 0.326 e. The normalized spacial score (nSPS) is 13.5. The minimum absolute atomic E-state index is 0.0137. The number of fused-ring (bicyclic) bond motifs is 3. The Morgan fingerprint density at radius 3 is 0.977 bits per heavy atom. The smallest absolute Gasteiger partial charge is 0.326 e. The molecular weight excluding hydrogens is 1120 g/mol. The van der Waals surface area contributed by atoms with Crippen LogP contribution in [-0.2, 0) is 52.8 Å². The molecule has 0 aliphatic carbocycles. The molecule has 3 aromatic heterocycles. The third-order valence-corrected chi connectivity index (χ3v) is 14.4. The third kappa shape index (κ3) is 20.4. The first-order chi connectivity index (χ1) is 41.7. The molecule has 0 saturated carbocycles. The van der Waals surface area contributed by atoms with Crippen molar-refractivity contribution in [2.45, 2.75) is 113 Å². The predicted octanol–water partition coefficient (Wildman–Crippen LogP) is -1.47. The van der Waals surface area contributed by atoms with Crippen LogP contribution >= 0.6 is 0 Å². The van der Waals surface area contributed by atoms with E-state index >= 15 is 4.79 Å². The van der Waals surface area contributed by atoms with E-state index < -0.39 is 83.7 Å². The number of para-hydroxylation sites is 3. The van der Waals surface area contributed by atoms with Crippen LogP contribution in [0.25, 0.3) is 32.7 Å². The van der Waals surface area contributed by atoms with E-state index in [0.29, 0.717) is 28.5 Å². The molecule has 6 aromatic rings. The number of guanidine groups is 4. The van der Waals surface area contributed by atoms with Gasteiger partial charge in [-0.3, -0.25) is 50.4 Å². The molecule has 30 heteroatoms. The second kappa shape index (κ2) is 32.6. The Labute approximate surface area is 500 Å². The molecule has 7 atom stereocenters. The summed E-state index contributed by atoms with van der Waals surface area (Å²) in [7, 11) is 0. The van der Waals surface area contributed by atoms with E-state index in [2.05, 4.69) is 68.1 Å². The topological polar surface area (TPSA) is 533 Å². The Kier molecular flexibility index (Phi) is 24.6. The van der Waals surface area contributed by atoms with E-state index in [1.807, 2.05) is 66.7 Å². The summed E-state index contributed by atoms with van der Waals surface area (Å²) in [5.74, 6) is -7.53. The number of benzene rings is 3. The highest BCUT2D eigenvalue weighted by molar-refractivity contribution is 5.98. The average molecular weight is 1200 g/mol. The van der Waals surface area contributed by atoms with Gasteiger partial charge in [0.15, 0.2) is 23.8 Å². The number of carbonyl (C=O) groups is 7. The number of hydrogen-bond acceptors (Lipinski definition) is 12. The molecule has 0 saturated heterocycles. The predicted molar refractivity (Wildman–Crippen MR) is 330 cm³/mol. The number of carboxylic acid groups (broad SMARTS) is 1. The molecule has 28 N–H and O–H groups in total. The van der Waals surface area contributed by atoms with Crippen molar-refractivity contribution in [3.05, 3.63) is 108 Å². The lowest BCUT2D eigenvalue weighted by Gasteiger charge is -2.28. The van der Waals surface area contributed by atoms with Crippen LogP contribution in [0.1, 0.15) is 68.1 Å². The van der Waals surface area contributed by atoms with E-state index in [9.17, 15) is 33.9 Å². The Morgan fingerprint density at radius 2 is 0.655 bits per heavy atom. The van der Waals surface area contributed by atoms with Gasteiger partial charge < -0.3 is 102 Å². The number of nitrogens with one attached hydrogen (secondary N) is 17. The molecule has 0 bridgehead atoms. The number of nitrogens with two attached hydrogens (primary N) is 5. The summed E-state index contributed by atoms with van der Waals surface area (Å²) < 4.78 is 0. The first kappa shape index (κ1) is 65.8. The zero-order valence-corrected chi connectivity index (χ0v) is 48.0. The fourth-order valence-corrected chi connectivity index (χ4v) is 9.89. The lowest BCUT2D eigenvalue weighted by molar-refractivity contribution is -0.142. The molecular formula is C57H80N22O8. The van der Waals surface area contributed by atoms with Gasteiger partial charge >= 0.3 is 5.97 Å². The molecule has 0 aliphatic rings. The molecule has 0 aliphatic heterocycles. The SMILES string of the molecule is N=C(N)NCCC[C@H](NC(=O)[C@H](CCCNC(=N)N)NC(=O)[C@H](CCCNC(=N)N)NC(=O)[C@@H](N)CCCNC(=N)N)C(=O)N[C@@H](Cc1c[nH]c2ccccc12)C(=O)N[C@@H](Cc1c[nH]c2ccccc12)C(=O)N[C@@H](Cc1c[nH]c2ccccc12)C(=O)O. The van der Waals surface area contributed by atoms with Crippen molar-refractivity contribution in [2.24, 2.45) is 28.7 Å². The lowest BCUT2D eigenvalue weighted by atomic mass is 10.00. The Hall–Kier alpha value is -10.4. The third-order valence-electron chi connectivity index (χ3n) is 14.4. The summed E-state index contributed by atoms with van der Waals surface area (Å²) in [5, 5.41) is 70.1. The van der Waals surface area contributed by atoms with Crippen molar-refractivity contribution >= 4 is 98.0 Å². The number of aromatic nitrogens is 3. The fraction of sp³-hybridized carbons (Fsp3) is 0.386. The first-order valence-corrected chi connectivity index (χ1v) is 28.4. The summed E-state index contributed by atoms with van der Waals surface area (Å²) in [6.45, 7) is 0.558. The maximum absolute atomic E-state index is 15.1. The minimum atomic E-state index is -1.47. The standard InChI is InChI=1S/C57H80N22O8/c58-37(14-7-21-67-54(59)60)47(80)74-41(18-8-22-68-55(61)62)48(81)75-42(19-9-23-69-56(63)64)49(82)76-43(20-10-24-70-57(65)66)50(83)77-44(25-31-28-71-38-15-4-1-11-34(31)38)51(84)78-45(26-32-29-72-39-16-5-2-12-35(32)39)52(85)79-46(53(86)87)27-33-30-73-40-17-6-3-13-36(33)40/h1-6,11-13,15-17,28-30,37,41-46,71-73H,7-10,14,18-27,58H2,(H,74,80)(H,75,81)(H,76,82)(H,77,83)(H,78,84)(H,79,85)(H,86,87)(H4,59,60,67)(H4,61,62,68)(H4,63,64,69)(H4,65,66,70)/t37-,41-,42-,43-,44-,45-,46-/m0/s1. The highest BCUT2D eigenvalue weighted by Crippen LogP contribution is 2.23. The monoisotopic (exact) mass is 1200 g/mol. The Morgan fingerprint density at radius 1 is 0.391 bits per heavy atom. The summed E-state index contributed by atoms with van der Waals surface area (Å²) in [4.78, 5) is 110. The van der Waals surface area contributed by atoms with Gasteiger partial charge in [-0.05, 0) is 86.3 Å². The summed E-state index contributed by atoms with van der Waals surface area (Å²) in [6.07, 6.45) is 5.39. The Bertz CT molecular complexity index is 3390. The van der Waals surface area contributed by atoms with Crippen molar-refractivity contribution in [2.75, 3.05) is 26.2 Å². The van der Waals surface area contributed by atoms with Crippen LogP contribution in [0.5, 0.6) is 0 Å². The van der Waals surface area contributed by atoms with Gasteiger partial charge in [-0.1, -0.05) is 54.6 Å². The van der Waals surface area contributed by atoms with Gasteiger partial charge in [-0.15, -0.1) is 0 Å². The lowest BCUT2D eigenvalue weighted by Crippen LogP contribution is -2.60. The van der Waals surface area contributed by atoms with Gasteiger partial charge in [0.2, 0.25) is 35.4 Å². The molecule has 0 spiro atoms. The Balaban J connectivity index is 1.30. The second-order valence-electron chi connectivity index (χ2n) is 20.9. The number of aliphatic carboxylic acids is 1. The van der Waals surface area contributed by atoms with Crippen LogP contribution in [0.4, 0.5) is 0 Å². The van der Waals surface area contributed by atoms with Crippen molar-refractivity contribution in [3.63, 3.8) is 0 Å². The first-order valence-electron chi connectivity index (χ1n) is 28.4.